The molecular formula is C24H23NNb. The van der Waals surface area contributed by atoms with E-state index in [1.807, 2.05) is 7.05 Å². The van der Waals surface area contributed by atoms with Gasteiger partial charge in [0.1, 0.15) is 0 Å². The summed E-state index contributed by atoms with van der Waals surface area (Å²) in [4.78, 5) is 0. The Balaban J connectivity index is 1.96. The Kier molecular flexibility index (Phi) is 6.18. The molecule has 1 N–H and O–H groups in total. The number of benzene rings is 3. The molecule has 0 aliphatic rings. The van der Waals surface area contributed by atoms with E-state index in [1.54, 1.807) is 20.6 Å². The monoisotopic (exact) mass is 418 g/mol. The quantitative estimate of drug-likeness (QED) is 0.433. The summed E-state index contributed by atoms with van der Waals surface area (Å²) in [6.07, 6.45) is 4.43. The summed E-state index contributed by atoms with van der Waals surface area (Å²) in [6, 6.07) is 23.7. The van der Waals surface area contributed by atoms with E-state index in [9.17, 15) is 0 Å². The minimum absolute atomic E-state index is 1.21. The molecule has 0 heterocycles. The summed E-state index contributed by atoms with van der Waals surface area (Å²) in [7, 11) is 1.99. The molecule has 0 amide bonds. The average molecular weight is 418 g/mol. The molecule has 0 aliphatic carbocycles. The van der Waals surface area contributed by atoms with Gasteiger partial charge in [0.05, 0.1) is 0 Å². The zero-order valence-electron chi connectivity index (χ0n) is 15.5. The van der Waals surface area contributed by atoms with Crippen LogP contribution < -0.4 is 5.32 Å². The third kappa shape index (κ3) is 4.38. The second-order valence-electron chi connectivity index (χ2n) is 6.45. The topological polar surface area (TPSA) is 12.0 Å². The Hall–Kier alpha value is -2.03. The first kappa shape index (κ1) is 18.8. The van der Waals surface area contributed by atoms with E-state index in [2.05, 4.69) is 98.0 Å². The van der Waals surface area contributed by atoms with Crippen molar-refractivity contribution in [3.63, 3.8) is 0 Å². The first-order valence-electron chi connectivity index (χ1n) is 8.77. The minimum atomic E-state index is 1.21. The number of hydrogen-bond acceptors (Lipinski definition) is 1. The van der Waals surface area contributed by atoms with E-state index in [-0.39, 0.29) is 0 Å². The van der Waals surface area contributed by atoms with Gasteiger partial charge < -0.3 is 0 Å². The Bertz CT molecular complexity index is 955. The molecule has 0 fully saturated rings. The predicted octanol–water partition coefficient (Wildman–Crippen LogP) is 5.39. The van der Waals surface area contributed by atoms with E-state index in [0.717, 1.165) is 0 Å². The van der Waals surface area contributed by atoms with Crippen LogP contribution in [-0.2, 0) is 20.6 Å². The first-order valence-corrected chi connectivity index (χ1v) is 9.87. The Morgan fingerprint density at radius 1 is 0.808 bits per heavy atom. The maximum absolute atomic E-state index is 3.30. The number of aryl methyl sites for hydroxylation is 2. The third-order valence-corrected chi connectivity index (χ3v) is 5.75. The van der Waals surface area contributed by atoms with Crippen LogP contribution in [0.4, 0.5) is 0 Å². The van der Waals surface area contributed by atoms with Crippen molar-refractivity contribution >= 4 is 16.0 Å². The molecule has 3 rings (SSSR count). The van der Waals surface area contributed by atoms with Crippen molar-refractivity contribution in [3.05, 3.63) is 94.5 Å². The third-order valence-electron chi connectivity index (χ3n) is 4.61. The molecule has 26 heavy (non-hydrogen) atoms. The van der Waals surface area contributed by atoms with E-state index in [1.165, 1.54) is 42.8 Å². The number of rotatable bonds is 5. The van der Waals surface area contributed by atoms with E-state index in [0.29, 0.717) is 0 Å². The van der Waals surface area contributed by atoms with Gasteiger partial charge in [0.2, 0.25) is 0 Å². The predicted molar refractivity (Wildman–Crippen MR) is 110 cm³/mol. The van der Waals surface area contributed by atoms with Crippen LogP contribution in [0.25, 0.3) is 23.3 Å². The summed E-state index contributed by atoms with van der Waals surface area (Å²) in [5.74, 6) is 0. The Labute approximate surface area is 168 Å². The molecule has 0 saturated carbocycles. The second-order valence-corrected chi connectivity index (χ2v) is 7.55. The van der Waals surface area contributed by atoms with Crippen molar-refractivity contribution < 1.29 is 20.6 Å². The molecule has 3 aromatic carbocycles. The maximum atomic E-state index is 3.30. The SMILES string of the molecule is CN[C](=[Nb])c1cc(C)c(C)cc1/C=C/c1cccc(-c2ccccc2)c1. The average Bonchev–Trinajstić information content (AvgIpc) is 2.69. The van der Waals surface area contributed by atoms with Gasteiger partial charge in [-0.05, 0) is 0 Å². The van der Waals surface area contributed by atoms with Crippen molar-refractivity contribution in [2.45, 2.75) is 13.8 Å². The molecule has 0 unspecified atom stereocenters. The van der Waals surface area contributed by atoms with Crippen molar-refractivity contribution in [2.24, 2.45) is 0 Å². The Morgan fingerprint density at radius 2 is 1.50 bits per heavy atom. The van der Waals surface area contributed by atoms with Gasteiger partial charge in [-0.1, -0.05) is 0 Å². The Morgan fingerprint density at radius 3 is 2.23 bits per heavy atom. The van der Waals surface area contributed by atoms with Crippen molar-refractivity contribution in [1.29, 1.82) is 0 Å². The van der Waals surface area contributed by atoms with Gasteiger partial charge in [0.25, 0.3) is 0 Å². The standard InChI is InChI=1S/C24H23N.Nb/c1-18-14-23(24(17-25-3)15-19(18)2)13-12-20-8-7-11-22(16-20)21-9-5-4-6-10-21;/h4-16,25H,1-3H3;/b13-12+;. The number of nitrogens with one attached hydrogen (secondary N) is 1. The summed E-state index contributed by atoms with van der Waals surface area (Å²) in [5, 5.41) is 3.30. The normalized spacial score (nSPS) is 11.0. The van der Waals surface area contributed by atoms with Crippen LogP contribution in [0.5, 0.6) is 0 Å². The molecule has 0 spiro atoms. The van der Waals surface area contributed by atoms with Gasteiger partial charge in [0.15, 0.2) is 0 Å². The molecule has 129 valence electrons. The summed E-state index contributed by atoms with van der Waals surface area (Å²) < 4.78 is 1.24. The molecular weight excluding hydrogens is 395 g/mol. The molecule has 0 saturated heterocycles. The zero-order valence-corrected chi connectivity index (χ0v) is 17.7. The number of hydrogen-bond donors (Lipinski definition) is 1. The fraction of sp³-hybridized carbons (Fsp3) is 0.125. The second kappa shape index (κ2) is 8.57. The molecule has 3 aromatic rings. The van der Waals surface area contributed by atoms with Crippen LogP contribution in [0.1, 0.15) is 27.8 Å². The van der Waals surface area contributed by atoms with Gasteiger partial charge >= 0.3 is 168 Å². The molecule has 0 aliphatic heterocycles. The summed E-state index contributed by atoms with van der Waals surface area (Å²) in [6.45, 7) is 4.34. The fourth-order valence-electron chi connectivity index (χ4n) is 2.95. The van der Waals surface area contributed by atoms with Crippen molar-refractivity contribution in [1.82, 2.24) is 5.32 Å². The van der Waals surface area contributed by atoms with Crippen molar-refractivity contribution in [3.8, 4) is 11.1 Å². The van der Waals surface area contributed by atoms with Gasteiger partial charge in [-0.3, -0.25) is 0 Å². The van der Waals surface area contributed by atoms with E-state index >= 15 is 0 Å². The molecule has 2 heteroatoms. The molecule has 0 bridgehead atoms. The van der Waals surface area contributed by atoms with Crippen LogP contribution in [0, 0.1) is 13.8 Å². The van der Waals surface area contributed by atoms with Crippen LogP contribution >= 0.6 is 0 Å². The summed E-state index contributed by atoms with van der Waals surface area (Å²) >= 11 is 1.72. The molecule has 0 aromatic heterocycles. The van der Waals surface area contributed by atoms with Gasteiger partial charge in [-0.2, -0.15) is 0 Å². The van der Waals surface area contributed by atoms with Crippen LogP contribution in [-0.4, -0.2) is 10.9 Å². The first-order chi connectivity index (χ1) is 12.6. The van der Waals surface area contributed by atoms with Gasteiger partial charge in [-0.15, -0.1) is 0 Å². The van der Waals surface area contributed by atoms with E-state index < -0.39 is 0 Å². The zero-order chi connectivity index (χ0) is 18.5. The van der Waals surface area contributed by atoms with E-state index in [4.69, 9.17) is 0 Å². The van der Waals surface area contributed by atoms with Crippen LogP contribution in [0.3, 0.4) is 0 Å². The van der Waals surface area contributed by atoms with Crippen LogP contribution in [0.15, 0.2) is 66.7 Å². The van der Waals surface area contributed by atoms with Crippen LogP contribution in [0.2, 0.25) is 0 Å². The molecule has 1 nitrogen and oxygen atoms in total. The fourth-order valence-corrected chi connectivity index (χ4v) is 3.43. The van der Waals surface area contributed by atoms with Crippen molar-refractivity contribution in [2.75, 3.05) is 7.05 Å². The van der Waals surface area contributed by atoms with Gasteiger partial charge in [-0.25, -0.2) is 0 Å². The van der Waals surface area contributed by atoms with Gasteiger partial charge in [0, 0.05) is 0 Å². The molecule has 0 radical (unpaired) electrons. The summed E-state index contributed by atoms with van der Waals surface area (Å²) in [5.41, 5.74) is 8.88. The molecule has 0 atom stereocenters.